The van der Waals surface area contributed by atoms with E-state index in [1.54, 1.807) is 34.6 Å². The van der Waals surface area contributed by atoms with Crippen molar-refractivity contribution in [1.29, 1.82) is 0 Å². The number of rotatable bonds is 6. The van der Waals surface area contributed by atoms with Crippen LogP contribution >= 0.6 is 22.9 Å². The first-order valence-electron chi connectivity index (χ1n) is 9.97. The highest BCUT2D eigenvalue weighted by atomic mass is 35.5. The molecule has 3 aromatic heterocycles. The molecule has 0 atom stereocenters. The maximum Gasteiger partial charge on any atom is 0.248 e. The minimum atomic E-state index is -0.426. The van der Waals surface area contributed by atoms with Crippen LogP contribution in [0.4, 0.5) is 16.8 Å². The molecule has 31 heavy (non-hydrogen) atoms. The SMILES string of the molecule is CN(c1ncc(-c2cccc(Nc3cc(Cl)ccn3)n2)s1)C1CCN(C(=O)CO)CC1. The number of amides is 1. The lowest BCUT2D eigenvalue weighted by molar-refractivity contribution is -0.135. The molecule has 1 saturated heterocycles. The summed E-state index contributed by atoms with van der Waals surface area (Å²) in [7, 11) is 2.03. The quantitative estimate of drug-likeness (QED) is 0.584. The molecule has 1 aliphatic heterocycles. The van der Waals surface area contributed by atoms with Crippen LogP contribution in [0.2, 0.25) is 5.02 Å². The van der Waals surface area contributed by atoms with Crippen molar-refractivity contribution in [3.05, 3.63) is 47.7 Å². The number of hydrogen-bond donors (Lipinski definition) is 2. The van der Waals surface area contributed by atoms with Gasteiger partial charge in [-0.05, 0) is 37.1 Å². The molecule has 3 aromatic rings. The van der Waals surface area contributed by atoms with Crippen LogP contribution in [-0.4, -0.2) is 63.7 Å². The van der Waals surface area contributed by atoms with Gasteiger partial charge in [-0.2, -0.15) is 0 Å². The molecule has 0 saturated carbocycles. The predicted octanol–water partition coefficient (Wildman–Crippen LogP) is 3.42. The average molecular weight is 459 g/mol. The number of nitrogens with zero attached hydrogens (tertiary/aromatic N) is 5. The molecule has 1 aliphatic rings. The highest BCUT2D eigenvalue weighted by Crippen LogP contribution is 2.32. The van der Waals surface area contributed by atoms with E-state index >= 15 is 0 Å². The second-order valence-corrected chi connectivity index (χ2v) is 8.73. The van der Waals surface area contributed by atoms with Gasteiger partial charge in [-0.15, -0.1) is 0 Å². The monoisotopic (exact) mass is 458 g/mol. The van der Waals surface area contributed by atoms with Gasteiger partial charge in [-0.25, -0.2) is 15.0 Å². The zero-order valence-electron chi connectivity index (χ0n) is 17.0. The van der Waals surface area contributed by atoms with E-state index in [4.69, 9.17) is 16.7 Å². The second kappa shape index (κ2) is 9.59. The summed E-state index contributed by atoms with van der Waals surface area (Å²) in [5.74, 6) is 1.11. The molecule has 162 valence electrons. The average Bonchev–Trinajstić information content (AvgIpc) is 3.29. The van der Waals surface area contributed by atoms with Crippen molar-refractivity contribution in [2.24, 2.45) is 0 Å². The largest absolute Gasteiger partial charge is 0.387 e. The maximum atomic E-state index is 11.7. The summed E-state index contributed by atoms with van der Waals surface area (Å²) >= 11 is 7.61. The fourth-order valence-corrected chi connectivity index (χ4v) is 4.63. The van der Waals surface area contributed by atoms with Gasteiger partial charge in [0.15, 0.2) is 5.13 Å². The van der Waals surface area contributed by atoms with Crippen molar-refractivity contribution in [3.63, 3.8) is 0 Å². The van der Waals surface area contributed by atoms with E-state index in [2.05, 4.69) is 25.2 Å². The van der Waals surface area contributed by atoms with E-state index in [1.807, 2.05) is 31.4 Å². The zero-order chi connectivity index (χ0) is 21.8. The second-order valence-electron chi connectivity index (χ2n) is 7.28. The predicted molar refractivity (Wildman–Crippen MR) is 123 cm³/mol. The number of likely N-dealkylation sites (tertiary alicyclic amines) is 1. The number of aliphatic hydroxyl groups is 1. The van der Waals surface area contributed by atoms with Crippen molar-refractivity contribution in [3.8, 4) is 10.6 Å². The number of pyridine rings is 2. The van der Waals surface area contributed by atoms with E-state index < -0.39 is 6.61 Å². The molecular formula is C21H23ClN6O2S. The molecule has 0 aromatic carbocycles. The molecule has 2 N–H and O–H groups in total. The smallest absolute Gasteiger partial charge is 0.248 e. The molecule has 4 heterocycles. The minimum Gasteiger partial charge on any atom is -0.387 e. The van der Waals surface area contributed by atoms with E-state index in [1.165, 1.54) is 0 Å². The van der Waals surface area contributed by atoms with Crippen molar-refractivity contribution in [2.45, 2.75) is 18.9 Å². The molecule has 0 aliphatic carbocycles. The van der Waals surface area contributed by atoms with Crippen molar-refractivity contribution in [1.82, 2.24) is 19.9 Å². The Kier molecular flexibility index (Phi) is 6.64. The maximum absolute atomic E-state index is 11.7. The normalized spacial score (nSPS) is 14.5. The lowest BCUT2D eigenvalue weighted by Gasteiger charge is -2.36. The summed E-state index contributed by atoms with van der Waals surface area (Å²) < 4.78 is 0. The molecular weight excluding hydrogens is 436 g/mol. The molecule has 4 rings (SSSR count). The lowest BCUT2D eigenvalue weighted by atomic mass is 10.0. The number of nitrogens with one attached hydrogen (secondary N) is 1. The molecule has 1 amide bonds. The Morgan fingerprint density at radius 2 is 2.10 bits per heavy atom. The molecule has 0 unspecified atom stereocenters. The van der Waals surface area contributed by atoms with Crippen LogP contribution in [-0.2, 0) is 4.79 Å². The lowest BCUT2D eigenvalue weighted by Crippen LogP contribution is -2.46. The summed E-state index contributed by atoms with van der Waals surface area (Å²) in [6.45, 7) is 0.878. The fourth-order valence-electron chi connectivity index (χ4n) is 3.55. The van der Waals surface area contributed by atoms with E-state index in [-0.39, 0.29) is 5.91 Å². The third kappa shape index (κ3) is 5.12. The summed E-state index contributed by atoms with van der Waals surface area (Å²) in [5.41, 5.74) is 0.826. The number of halogens is 1. The van der Waals surface area contributed by atoms with Gasteiger partial charge in [-0.3, -0.25) is 4.79 Å². The van der Waals surface area contributed by atoms with Crippen LogP contribution in [0.1, 0.15) is 12.8 Å². The van der Waals surface area contributed by atoms with Gasteiger partial charge in [-0.1, -0.05) is 29.0 Å². The highest BCUT2D eigenvalue weighted by molar-refractivity contribution is 7.18. The van der Waals surface area contributed by atoms with Crippen molar-refractivity contribution < 1.29 is 9.90 Å². The number of aromatic nitrogens is 3. The number of carbonyl (C=O) groups excluding carboxylic acids is 1. The Morgan fingerprint density at radius 3 is 2.84 bits per heavy atom. The first kappa shape index (κ1) is 21.5. The zero-order valence-corrected chi connectivity index (χ0v) is 18.6. The van der Waals surface area contributed by atoms with E-state index in [0.717, 1.165) is 28.5 Å². The number of hydrogen-bond acceptors (Lipinski definition) is 8. The molecule has 10 heteroatoms. The number of piperidine rings is 1. The topological polar surface area (TPSA) is 94.5 Å². The summed E-state index contributed by atoms with van der Waals surface area (Å²) in [4.78, 5) is 30.0. The van der Waals surface area contributed by atoms with Crippen LogP contribution in [0.25, 0.3) is 10.6 Å². The number of thiazole rings is 1. The molecule has 8 nitrogen and oxygen atoms in total. The van der Waals surface area contributed by atoms with Crippen LogP contribution in [0.15, 0.2) is 42.7 Å². The number of anilines is 3. The molecule has 1 fully saturated rings. The Bertz CT molecular complexity index is 1050. The Hall–Kier alpha value is -2.75. The van der Waals surface area contributed by atoms with Crippen LogP contribution in [0, 0.1) is 0 Å². The van der Waals surface area contributed by atoms with Gasteiger partial charge >= 0.3 is 0 Å². The first-order valence-corrected chi connectivity index (χ1v) is 11.2. The highest BCUT2D eigenvalue weighted by Gasteiger charge is 2.26. The standard InChI is InChI=1S/C21H23ClN6O2S/c1-27(15-6-9-28(10-7-15)20(30)13-29)21-24-12-17(31-21)16-3-2-4-18(25-16)26-19-11-14(22)5-8-23-19/h2-5,8,11-12,15,29H,6-7,9-10,13H2,1H3,(H,23,25,26). The van der Waals surface area contributed by atoms with Crippen LogP contribution in [0.5, 0.6) is 0 Å². The molecule has 0 radical (unpaired) electrons. The third-order valence-electron chi connectivity index (χ3n) is 5.28. The number of carbonyl (C=O) groups is 1. The summed E-state index contributed by atoms with van der Waals surface area (Å²) in [5, 5.41) is 13.7. The molecule has 0 bridgehead atoms. The van der Waals surface area contributed by atoms with Gasteiger partial charge < -0.3 is 20.2 Å². The van der Waals surface area contributed by atoms with Crippen LogP contribution < -0.4 is 10.2 Å². The Labute approximate surface area is 189 Å². The number of aliphatic hydroxyl groups excluding tert-OH is 1. The van der Waals surface area contributed by atoms with Gasteiger partial charge in [0.1, 0.15) is 18.2 Å². The fraction of sp³-hybridized carbons (Fsp3) is 0.333. The summed E-state index contributed by atoms with van der Waals surface area (Å²) in [6.07, 6.45) is 5.18. The Balaban J connectivity index is 1.43. The van der Waals surface area contributed by atoms with Gasteiger partial charge in [0.05, 0.1) is 10.6 Å². The summed E-state index contributed by atoms with van der Waals surface area (Å²) in [6, 6.07) is 9.53. The van der Waals surface area contributed by atoms with Gasteiger partial charge in [0.25, 0.3) is 0 Å². The van der Waals surface area contributed by atoms with Crippen molar-refractivity contribution >= 4 is 45.6 Å². The third-order valence-corrected chi connectivity index (χ3v) is 6.62. The van der Waals surface area contributed by atoms with Gasteiger partial charge in [0, 0.05) is 43.6 Å². The first-order chi connectivity index (χ1) is 15.0. The van der Waals surface area contributed by atoms with Crippen molar-refractivity contribution in [2.75, 3.05) is 37.0 Å². The van der Waals surface area contributed by atoms with E-state index in [9.17, 15) is 4.79 Å². The minimum absolute atomic E-state index is 0.204. The Morgan fingerprint density at radius 1 is 1.29 bits per heavy atom. The van der Waals surface area contributed by atoms with E-state index in [0.29, 0.717) is 35.8 Å². The van der Waals surface area contributed by atoms with Gasteiger partial charge in [0.2, 0.25) is 5.91 Å². The molecule has 0 spiro atoms. The van der Waals surface area contributed by atoms with Crippen LogP contribution in [0.3, 0.4) is 0 Å².